The van der Waals surface area contributed by atoms with Crippen molar-refractivity contribution >= 4 is 49.3 Å². The van der Waals surface area contributed by atoms with Gasteiger partial charge in [0.05, 0.1) is 15.9 Å². The number of thioether (sulfide) groups is 1. The van der Waals surface area contributed by atoms with Crippen molar-refractivity contribution in [1.82, 2.24) is 9.88 Å². The van der Waals surface area contributed by atoms with Gasteiger partial charge in [-0.05, 0) is 49.1 Å². The van der Waals surface area contributed by atoms with Gasteiger partial charge in [0.15, 0.2) is 10.3 Å². The molecule has 0 spiro atoms. The number of fused-ring (bicyclic) bond motifs is 2. The lowest BCUT2D eigenvalue weighted by Crippen LogP contribution is -2.27. The normalized spacial score (nSPS) is 20.5. The first kappa shape index (κ1) is 17.1. The number of aliphatic imine (C=N–C) groups is 1. The molecule has 2 fully saturated rings. The molecular formula is C21H22N4S2. The van der Waals surface area contributed by atoms with Crippen LogP contribution in [-0.4, -0.2) is 39.9 Å². The van der Waals surface area contributed by atoms with Crippen molar-refractivity contribution in [2.45, 2.75) is 25.3 Å². The molecule has 2 saturated heterocycles. The van der Waals surface area contributed by atoms with E-state index >= 15 is 0 Å². The van der Waals surface area contributed by atoms with E-state index in [-0.39, 0.29) is 0 Å². The van der Waals surface area contributed by atoms with Gasteiger partial charge in [-0.15, -0.1) is 0 Å². The maximum absolute atomic E-state index is 4.88. The third-order valence-electron chi connectivity index (χ3n) is 5.17. The Labute approximate surface area is 167 Å². The number of aromatic nitrogens is 1. The Hall–Kier alpha value is -2.05. The van der Waals surface area contributed by atoms with E-state index in [0.29, 0.717) is 0 Å². The number of nitrogens with zero attached hydrogens (tertiary/aromatic N) is 3. The van der Waals surface area contributed by atoms with Crippen molar-refractivity contribution in [3.63, 3.8) is 0 Å². The van der Waals surface area contributed by atoms with Gasteiger partial charge in [-0.25, -0.2) is 9.98 Å². The summed E-state index contributed by atoms with van der Waals surface area (Å²) in [5, 5.41) is 5.66. The molecule has 3 aromatic rings. The van der Waals surface area contributed by atoms with E-state index in [1.807, 2.05) is 17.8 Å². The topological polar surface area (TPSA) is 40.5 Å². The van der Waals surface area contributed by atoms with Gasteiger partial charge in [0, 0.05) is 24.9 Å². The van der Waals surface area contributed by atoms with Crippen LogP contribution >= 0.6 is 23.1 Å². The quantitative estimate of drug-likeness (QED) is 0.650. The van der Waals surface area contributed by atoms with Crippen molar-refractivity contribution in [1.29, 1.82) is 0 Å². The number of hydrogen-bond acceptors (Lipinski definition) is 5. The van der Waals surface area contributed by atoms with E-state index in [4.69, 9.17) is 4.99 Å². The fraction of sp³-hybridized carbons (Fsp3) is 0.333. The lowest BCUT2D eigenvalue weighted by molar-refractivity contribution is 0.440. The molecule has 0 radical (unpaired) electrons. The van der Waals surface area contributed by atoms with Gasteiger partial charge in [-0.1, -0.05) is 47.4 Å². The SMILES string of the molecule is c1ccc2sc(NCCc3ccc(/N=C4\SC[C@@H]5CCCN45)cc3)nc2c1. The van der Waals surface area contributed by atoms with Gasteiger partial charge in [0.2, 0.25) is 0 Å². The van der Waals surface area contributed by atoms with E-state index in [9.17, 15) is 0 Å². The van der Waals surface area contributed by atoms with Crippen LogP contribution in [0.25, 0.3) is 10.2 Å². The predicted octanol–water partition coefficient (Wildman–Crippen LogP) is 5.15. The summed E-state index contributed by atoms with van der Waals surface area (Å²) in [5.41, 5.74) is 3.46. The number of para-hydroxylation sites is 1. The first-order chi connectivity index (χ1) is 13.3. The number of thiazole rings is 1. The van der Waals surface area contributed by atoms with Crippen LogP contribution in [0.4, 0.5) is 10.8 Å². The highest BCUT2D eigenvalue weighted by Crippen LogP contribution is 2.33. The van der Waals surface area contributed by atoms with Gasteiger partial charge < -0.3 is 10.2 Å². The lowest BCUT2D eigenvalue weighted by atomic mass is 10.1. The molecule has 27 heavy (non-hydrogen) atoms. The summed E-state index contributed by atoms with van der Waals surface area (Å²) in [6.07, 6.45) is 3.62. The average molecular weight is 395 g/mol. The molecule has 5 rings (SSSR count). The Morgan fingerprint density at radius 2 is 2.04 bits per heavy atom. The minimum atomic E-state index is 0.724. The molecule has 6 heteroatoms. The lowest BCUT2D eigenvalue weighted by Gasteiger charge is -2.16. The minimum absolute atomic E-state index is 0.724. The standard InChI is InChI=1S/C21H22N4S2/c1-2-6-19-18(5-1)24-20(27-19)22-12-11-15-7-9-16(10-8-15)23-21-25-13-3-4-17(25)14-26-21/h1-2,5-10,17H,3-4,11-14H2,(H,22,24)/b23-21-/t17-/m0/s1. The third-order valence-corrected chi connectivity index (χ3v) is 7.30. The second-order valence-corrected chi connectivity index (χ2v) is 9.04. The summed E-state index contributed by atoms with van der Waals surface area (Å²) in [6.45, 7) is 2.06. The summed E-state index contributed by atoms with van der Waals surface area (Å²) < 4.78 is 1.23. The molecule has 0 aliphatic carbocycles. The molecule has 1 N–H and O–H groups in total. The van der Waals surface area contributed by atoms with Crippen LogP contribution in [-0.2, 0) is 6.42 Å². The minimum Gasteiger partial charge on any atom is -0.361 e. The molecule has 3 heterocycles. The molecule has 4 nitrogen and oxygen atoms in total. The number of anilines is 1. The smallest absolute Gasteiger partial charge is 0.183 e. The van der Waals surface area contributed by atoms with Gasteiger partial charge in [0.1, 0.15) is 0 Å². The molecule has 0 unspecified atom stereocenters. The second kappa shape index (κ2) is 7.52. The van der Waals surface area contributed by atoms with Crippen LogP contribution in [0.3, 0.4) is 0 Å². The Balaban J connectivity index is 1.18. The molecule has 2 aliphatic heterocycles. The van der Waals surface area contributed by atoms with E-state index in [1.54, 1.807) is 11.3 Å². The van der Waals surface area contributed by atoms with Gasteiger partial charge in [-0.3, -0.25) is 0 Å². The number of amidine groups is 1. The number of hydrogen-bond donors (Lipinski definition) is 1. The summed E-state index contributed by atoms with van der Waals surface area (Å²) in [6, 6.07) is 17.7. The highest BCUT2D eigenvalue weighted by Gasteiger charge is 2.33. The largest absolute Gasteiger partial charge is 0.361 e. The van der Waals surface area contributed by atoms with Crippen LogP contribution in [0.1, 0.15) is 18.4 Å². The monoisotopic (exact) mass is 394 g/mol. The second-order valence-electron chi connectivity index (χ2n) is 7.02. The zero-order valence-electron chi connectivity index (χ0n) is 15.1. The number of nitrogens with one attached hydrogen (secondary N) is 1. The molecular weight excluding hydrogens is 372 g/mol. The van der Waals surface area contributed by atoms with Crippen LogP contribution < -0.4 is 5.32 Å². The molecule has 0 saturated carbocycles. The molecule has 0 bridgehead atoms. The van der Waals surface area contributed by atoms with Gasteiger partial charge >= 0.3 is 0 Å². The van der Waals surface area contributed by atoms with Gasteiger partial charge in [-0.2, -0.15) is 0 Å². The average Bonchev–Trinajstić information content (AvgIpc) is 3.39. The maximum Gasteiger partial charge on any atom is 0.183 e. The van der Waals surface area contributed by atoms with E-state index in [0.717, 1.165) is 35.3 Å². The maximum atomic E-state index is 4.88. The summed E-state index contributed by atoms with van der Waals surface area (Å²) in [5.74, 6) is 1.20. The van der Waals surface area contributed by atoms with Gasteiger partial charge in [0.25, 0.3) is 0 Å². The fourth-order valence-electron chi connectivity index (χ4n) is 3.72. The van der Waals surface area contributed by atoms with Crippen molar-refractivity contribution in [2.24, 2.45) is 4.99 Å². The summed E-state index contributed by atoms with van der Waals surface area (Å²) in [4.78, 5) is 12.0. The van der Waals surface area contributed by atoms with Crippen LogP contribution in [0.5, 0.6) is 0 Å². The molecule has 138 valence electrons. The summed E-state index contributed by atoms with van der Waals surface area (Å²) >= 11 is 3.62. The van der Waals surface area contributed by atoms with Crippen LogP contribution in [0.2, 0.25) is 0 Å². The van der Waals surface area contributed by atoms with Crippen LogP contribution in [0.15, 0.2) is 53.5 Å². The first-order valence-corrected chi connectivity index (χ1v) is 11.3. The van der Waals surface area contributed by atoms with Crippen molar-refractivity contribution in [2.75, 3.05) is 24.2 Å². The molecule has 2 aliphatic rings. The highest BCUT2D eigenvalue weighted by atomic mass is 32.2. The van der Waals surface area contributed by atoms with Crippen molar-refractivity contribution in [3.8, 4) is 0 Å². The predicted molar refractivity (Wildman–Crippen MR) is 118 cm³/mol. The Morgan fingerprint density at radius 1 is 1.15 bits per heavy atom. The van der Waals surface area contributed by atoms with Crippen molar-refractivity contribution in [3.05, 3.63) is 54.1 Å². The van der Waals surface area contributed by atoms with Crippen molar-refractivity contribution < 1.29 is 0 Å². The molecule has 2 aromatic carbocycles. The van der Waals surface area contributed by atoms with Crippen LogP contribution in [0, 0.1) is 0 Å². The molecule has 1 atom stereocenters. The van der Waals surface area contributed by atoms with E-state index < -0.39 is 0 Å². The highest BCUT2D eigenvalue weighted by molar-refractivity contribution is 8.14. The summed E-state index contributed by atoms with van der Waals surface area (Å²) in [7, 11) is 0. The Kier molecular flexibility index (Phi) is 4.76. The number of benzene rings is 2. The fourth-order valence-corrected chi connectivity index (χ4v) is 5.88. The Morgan fingerprint density at radius 3 is 2.93 bits per heavy atom. The third kappa shape index (κ3) is 3.69. The Bertz CT molecular complexity index is 931. The first-order valence-electron chi connectivity index (χ1n) is 9.52. The molecule has 1 aromatic heterocycles. The number of rotatable bonds is 5. The van der Waals surface area contributed by atoms with E-state index in [1.165, 1.54) is 40.6 Å². The zero-order valence-corrected chi connectivity index (χ0v) is 16.7. The zero-order chi connectivity index (χ0) is 18.1. The van der Waals surface area contributed by atoms with E-state index in [2.05, 4.69) is 57.7 Å². The molecule has 0 amide bonds.